The van der Waals surface area contributed by atoms with E-state index in [0.29, 0.717) is 12.8 Å². The fourth-order valence-electron chi connectivity index (χ4n) is 1.47. The first-order valence-electron chi connectivity index (χ1n) is 5.50. The van der Waals surface area contributed by atoms with Gasteiger partial charge in [0.15, 0.2) is 17.5 Å². The molecule has 0 saturated heterocycles. The number of halogens is 4. The van der Waals surface area contributed by atoms with Gasteiger partial charge in [-0.3, -0.25) is 0 Å². The predicted molar refractivity (Wildman–Crippen MR) is 66.8 cm³/mol. The summed E-state index contributed by atoms with van der Waals surface area (Å²) in [4.78, 5) is 0.197. The molecule has 1 rings (SSSR count). The molecule has 0 aliphatic heterocycles. The lowest BCUT2D eigenvalue weighted by molar-refractivity contribution is 0.382. The van der Waals surface area contributed by atoms with E-state index in [9.17, 15) is 13.2 Å². The average molecular weight is 309 g/mol. The second-order valence-electron chi connectivity index (χ2n) is 5.21. The van der Waals surface area contributed by atoms with Crippen LogP contribution in [-0.2, 0) is 6.42 Å². The average Bonchev–Trinajstić information content (AvgIpc) is 2.23. The van der Waals surface area contributed by atoms with Crippen molar-refractivity contribution in [3.05, 3.63) is 35.1 Å². The summed E-state index contributed by atoms with van der Waals surface area (Å²) in [5.74, 6) is -3.60. The molecule has 96 valence electrons. The third-order valence-corrected chi connectivity index (χ3v) is 4.55. The number of benzene rings is 1. The second-order valence-corrected chi connectivity index (χ2v) is 6.31. The van der Waals surface area contributed by atoms with E-state index in [1.807, 2.05) is 0 Å². The van der Waals surface area contributed by atoms with Crippen LogP contribution < -0.4 is 0 Å². The number of rotatable bonds is 3. The molecule has 0 amide bonds. The van der Waals surface area contributed by atoms with Crippen molar-refractivity contribution in [1.82, 2.24) is 0 Å². The lowest BCUT2D eigenvalue weighted by atomic mass is 9.88. The van der Waals surface area contributed by atoms with Gasteiger partial charge in [0.05, 0.1) is 0 Å². The van der Waals surface area contributed by atoms with Crippen LogP contribution in [-0.4, -0.2) is 4.83 Å². The first kappa shape index (κ1) is 14.6. The minimum absolute atomic E-state index is 0.0506. The van der Waals surface area contributed by atoms with E-state index in [4.69, 9.17) is 0 Å². The Bertz CT molecular complexity index is 396. The highest BCUT2D eigenvalue weighted by molar-refractivity contribution is 9.09. The smallest absolute Gasteiger partial charge is 0.194 e. The lowest BCUT2D eigenvalue weighted by Crippen LogP contribution is -2.20. The molecule has 0 heterocycles. The normalized spacial score (nSPS) is 13.8. The molecule has 1 aromatic rings. The Kier molecular flexibility index (Phi) is 4.64. The Morgan fingerprint density at radius 2 is 1.71 bits per heavy atom. The molecule has 0 aliphatic rings. The fraction of sp³-hybridized carbons (Fsp3) is 0.538. The van der Waals surface area contributed by atoms with E-state index >= 15 is 0 Å². The van der Waals surface area contributed by atoms with Crippen molar-refractivity contribution in [2.75, 3.05) is 0 Å². The summed E-state index contributed by atoms with van der Waals surface area (Å²) in [6.45, 7) is 6.19. The molecule has 0 spiro atoms. The molecule has 0 radical (unpaired) electrons. The van der Waals surface area contributed by atoms with Crippen LogP contribution in [0.2, 0.25) is 0 Å². The van der Waals surface area contributed by atoms with E-state index < -0.39 is 17.5 Å². The summed E-state index contributed by atoms with van der Waals surface area (Å²) >= 11 is 3.52. The number of hydrogen-bond donors (Lipinski definition) is 0. The molecule has 0 fully saturated rings. The van der Waals surface area contributed by atoms with Gasteiger partial charge in [-0.15, -0.1) is 0 Å². The molecule has 4 heteroatoms. The van der Waals surface area contributed by atoms with Crippen molar-refractivity contribution in [3.8, 4) is 0 Å². The maximum atomic E-state index is 13.4. The second kappa shape index (κ2) is 5.42. The minimum atomic E-state index is -1.38. The van der Waals surface area contributed by atoms with Crippen molar-refractivity contribution in [1.29, 1.82) is 0 Å². The number of alkyl halides is 1. The molecule has 0 nitrogen and oxygen atoms in total. The zero-order valence-corrected chi connectivity index (χ0v) is 11.7. The Hall–Kier alpha value is -0.510. The van der Waals surface area contributed by atoms with Gasteiger partial charge in [0.25, 0.3) is 0 Å². The van der Waals surface area contributed by atoms with E-state index in [1.165, 1.54) is 6.07 Å². The van der Waals surface area contributed by atoms with Gasteiger partial charge >= 0.3 is 0 Å². The first-order chi connectivity index (χ1) is 7.73. The molecular weight excluding hydrogens is 293 g/mol. The van der Waals surface area contributed by atoms with E-state index in [2.05, 4.69) is 36.7 Å². The van der Waals surface area contributed by atoms with Gasteiger partial charge in [-0.05, 0) is 29.9 Å². The highest BCUT2D eigenvalue weighted by Gasteiger charge is 2.22. The zero-order valence-electron chi connectivity index (χ0n) is 10.2. The lowest BCUT2D eigenvalue weighted by Gasteiger charge is -2.25. The Balaban J connectivity index is 2.74. The molecule has 0 aliphatic carbocycles. The minimum Gasteiger partial charge on any atom is -0.204 e. The third-order valence-electron chi connectivity index (χ3n) is 2.72. The molecule has 1 aromatic carbocycles. The topological polar surface area (TPSA) is 0 Å². The maximum Gasteiger partial charge on any atom is 0.194 e. The summed E-state index contributed by atoms with van der Waals surface area (Å²) < 4.78 is 39.1. The summed E-state index contributed by atoms with van der Waals surface area (Å²) in [5, 5.41) is 0. The standard InChI is InChI=1S/C13H16BrF3/c1-13(2,3)10(14)7-5-8-4-6-9(15)12(17)11(8)16/h4,6,10H,5,7H2,1-3H3. The van der Waals surface area contributed by atoms with Gasteiger partial charge < -0.3 is 0 Å². The van der Waals surface area contributed by atoms with Crippen LogP contribution in [0.25, 0.3) is 0 Å². The van der Waals surface area contributed by atoms with Gasteiger partial charge in [-0.1, -0.05) is 42.8 Å². The van der Waals surface area contributed by atoms with Crippen LogP contribution in [0, 0.1) is 22.9 Å². The highest BCUT2D eigenvalue weighted by Crippen LogP contribution is 2.30. The van der Waals surface area contributed by atoms with Crippen LogP contribution in [0.5, 0.6) is 0 Å². The quantitative estimate of drug-likeness (QED) is 0.553. The van der Waals surface area contributed by atoms with Gasteiger partial charge in [-0.25, -0.2) is 13.2 Å². The van der Waals surface area contributed by atoms with Gasteiger partial charge in [-0.2, -0.15) is 0 Å². The summed E-state index contributed by atoms with van der Waals surface area (Å²) in [7, 11) is 0. The van der Waals surface area contributed by atoms with Crippen molar-refractivity contribution in [2.24, 2.45) is 5.41 Å². The Labute approximate surface area is 108 Å². The monoisotopic (exact) mass is 308 g/mol. The fourth-order valence-corrected chi connectivity index (χ4v) is 1.70. The molecule has 17 heavy (non-hydrogen) atoms. The van der Waals surface area contributed by atoms with Crippen molar-refractivity contribution in [2.45, 2.75) is 38.4 Å². The van der Waals surface area contributed by atoms with Crippen LogP contribution in [0.15, 0.2) is 12.1 Å². The van der Waals surface area contributed by atoms with Crippen LogP contribution >= 0.6 is 15.9 Å². The summed E-state index contributed by atoms with van der Waals surface area (Å²) in [5.41, 5.74) is 0.271. The van der Waals surface area contributed by atoms with Gasteiger partial charge in [0, 0.05) is 4.83 Å². The van der Waals surface area contributed by atoms with E-state index in [1.54, 1.807) is 0 Å². The molecule has 0 aromatic heterocycles. The van der Waals surface area contributed by atoms with Crippen LogP contribution in [0.3, 0.4) is 0 Å². The molecular formula is C13H16BrF3. The Morgan fingerprint density at radius 1 is 1.12 bits per heavy atom. The van der Waals surface area contributed by atoms with Gasteiger partial charge in [0.1, 0.15) is 0 Å². The third kappa shape index (κ3) is 3.73. The van der Waals surface area contributed by atoms with E-state index in [0.717, 1.165) is 6.07 Å². The van der Waals surface area contributed by atoms with Crippen molar-refractivity contribution >= 4 is 15.9 Å². The molecule has 0 saturated carbocycles. The van der Waals surface area contributed by atoms with Crippen molar-refractivity contribution < 1.29 is 13.2 Å². The molecule has 0 N–H and O–H groups in total. The van der Waals surface area contributed by atoms with Gasteiger partial charge in [0.2, 0.25) is 0 Å². The molecule has 1 atom stereocenters. The predicted octanol–water partition coefficient (Wildman–Crippen LogP) is 4.85. The summed E-state index contributed by atoms with van der Waals surface area (Å²) in [6.07, 6.45) is 1.06. The maximum absolute atomic E-state index is 13.4. The number of hydrogen-bond acceptors (Lipinski definition) is 0. The first-order valence-corrected chi connectivity index (χ1v) is 6.41. The Morgan fingerprint density at radius 3 is 2.24 bits per heavy atom. The molecule has 0 bridgehead atoms. The van der Waals surface area contributed by atoms with Crippen molar-refractivity contribution in [3.63, 3.8) is 0 Å². The van der Waals surface area contributed by atoms with E-state index in [-0.39, 0.29) is 15.8 Å². The summed E-state index contributed by atoms with van der Waals surface area (Å²) in [6, 6.07) is 2.27. The van der Waals surface area contributed by atoms with Crippen LogP contribution in [0.4, 0.5) is 13.2 Å². The highest BCUT2D eigenvalue weighted by atomic mass is 79.9. The SMILES string of the molecule is CC(C)(C)C(Br)CCc1ccc(F)c(F)c1F. The number of aryl methyl sites for hydroxylation is 1. The largest absolute Gasteiger partial charge is 0.204 e. The molecule has 1 unspecified atom stereocenters. The van der Waals surface area contributed by atoms with Crippen LogP contribution in [0.1, 0.15) is 32.8 Å². The zero-order chi connectivity index (χ0) is 13.2.